The van der Waals surface area contributed by atoms with E-state index in [0.717, 1.165) is 18.7 Å². The van der Waals surface area contributed by atoms with Gasteiger partial charge in [-0.1, -0.05) is 25.5 Å². The van der Waals surface area contributed by atoms with Crippen LogP contribution in [0, 0.1) is 5.92 Å². The predicted octanol–water partition coefficient (Wildman–Crippen LogP) is 3.77. The number of rotatable bonds is 7. The van der Waals surface area contributed by atoms with Crippen LogP contribution in [0.15, 0.2) is 30.0 Å². The molecule has 1 aromatic heterocycles. The maximum absolute atomic E-state index is 11.9. The van der Waals surface area contributed by atoms with Crippen LogP contribution in [-0.4, -0.2) is 24.0 Å². The highest BCUT2D eigenvalue weighted by atomic mass is 16.1. The molecule has 120 valence electrons. The lowest BCUT2D eigenvalue weighted by Gasteiger charge is -2.13. The van der Waals surface area contributed by atoms with Gasteiger partial charge in [0.05, 0.1) is 11.9 Å². The second-order valence-electron chi connectivity index (χ2n) is 6.32. The number of hydrogen-bond donors (Lipinski definition) is 2. The molecule has 0 fully saturated rings. The van der Waals surface area contributed by atoms with Gasteiger partial charge in [-0.05, 0) is 50.2 Å². The van der Waals surface area contributed by atoms with E-state index in [1.807, 2.05) is 6.07 Å². The zero-order chi connectivity index (χ0) is 15.8. The van der Waals surface area contributed by atoms with Gasteiger partial charge in [-0.25, -0.2) is 4.98 Å². The monoisotopic (exact) mass is 301 g/mol. The van der Waals surface area contributed by atoms with Gasteiger partial charge in [0, 0.05) is 13.1 Å². The average Bonchev–Trinajstić information content (AvgIpc) is 2.54. The highest BCUT2D eigenvalue weighted by molar-refractivity contribution is 5.92. The molecular weight excluding hydrogens is 274 g/mol. The molecule has 1 amide bonds. The van der Waals surface area contributed by atoms with Crippen LogP contribution in [0.4, 0.5) is 5.69 Å². The standard InChI is InChI=1S/C18H27N3O/c1-14(2)12-21-18(22)17-9-8-16(13-20-17)19-11-10-15-6-4-3-5-7-15/h6,8-9,13-14,19H,3-5,7,10-12H2,1-2H3,(H,21,22). The van der Waals surface area contributed by atoms with Crippen LogP contribution in [0.1, 0.15) is 56.4 Å². The van der Waals surface area contributed by atoms with Crippen LogP contribution in [-0.2, 0) is 0 Å². The molecule has 0 unspecified atom stereocenters. The number of anilines is 1. The molecule has 0 spiro atoms. The van der Waals surface area contributed by atoms with Crippen LogP contribution >= 0.6 is 0 Å². The summed E-state index contributed by atoms with van der Waals surface area (Å²) in [5, 5.41) is 6.25. The largest absolute Gasteiger partial charge is 0.383 e. The van der Waals surface area contributed by atoms with E-state index in [2.05, 4.69) is 35.5 Å². The Morgan fingerprint density at radius 1 is 1.32 bits per heavy atom. The third-order valence-electron chi connectivity index (χ3n) is 3.83. The number of nitrogens with zero attached hydrogens (tertiary/aromatic N) is 1. The Labute approximate surface area is 133 Å². The first-order valence-corrected chi connectivity index (χ1v) is 8.31. The molecule has 0 saturated carbocycles. The first-order chi connectivity index (χ1) is 10.6. The summed E-state index contributed by atoms with van der Waals surface area (Å²) in [6.07, 6.45) is 10.3. The Bertz CT molecular complexity index is 506. The summed E-state index contributed by atoms with van der Waals surface area (Å²) in [7, 11) is 0. The van der Waals surface area contributed by atoms with Crippen molar-refractivity contribution >= 4 is 11.6 Å². The van der Waals surface area contributed by atoms with Crippen LogP contribution < -0.4 is 10.6 Å². The molecule has 1 aliphatic rings. The topological polar surface area (TPSA) is 54.0 Å². The molecule has 1 heterocycles. The van der Waals surface area contributed by atoms with Gasteiger partial charge in [-0.15, -0.1) is 0 Å². The van der Waals surface area contributed by atoms with E-state index in [1.165, 1.54) is 25.7 Å². The summed E-state index contributed by atoms with van der Waals surface area (Å²) in [5.41, 5.74) is 3.01. The van der Waals surface area contributed by atoms with Crippen molar-refractivity contribution < 1.29 is 4.79 Å². The van der Waals surface area contributed by atoms with Crippen LogP contribution in [0.25, 0.3) is 0 Å². The fraction of sp³-hybridized carbons (Fsp3) is 0.556. The molecule has 0 aliphatic heterocycles. The van der Waals surface area contributed by atoms with E-state index in [-0.39, 0.29) is 5.91 Å². The van der Waals surface area contributed by atoms with Crippen molar-refractivity contribution in [3.63, 3.8) is 0 Å². The van der Waals surface area contributed by atoms with Gasteiger partial charge in [0.2, 0.25) is 0 Å². The average molecular weight is 301 g/mol. The van der Waals surface area contributed by atoms with Crippen LogP contribution in [0.5, 0.6) is 0 Å². The van der Waals surface area contributed by atoms with E-state index in [4.69, 9.17) is 0 Å². The number of pyridine rings is 1. The molecule has 0 radical (unpaired) electrons. The Hall–Kier alpha value is -1.84. The second-order valence-corrected chi connectivity index (χ2v) is 6.32. The van der Waals surface area contributed by atoms with Crippen LogP contribution in [0.3, 0.4) is 0 Å². The molecule has 2 N–H and O–H groups in total. The van der Waals surface area contributed by atoms with Gasteiger partial charge < -0.3 is 10.6 Å². The van der Waals surface area contributed by atoms with Crippen molar-refractivity contribution in [2.24, 2.45) is 5.92 Å². The van der Waals surface area contributed by atoms with Crippen molar-refractivity contribution in [1.82, 2.24) is 10.3 Å². The smallest absolute Gasteiger partial charge is 0.269 e. The molecule has 2 rings (SSSR count). The van der Waals surface area contributed by atoms with E-state index in [1.54, 1.807) is 17.8 Å². The molecule has 0 saturated heterocycles. The van der Waals surface area contributed by atoms with Crippen molar-refractivity contribution in [1.29, 1.82) is 0 Å². The molecular formula is C18H27N3O. The number of carbonyl (C=O) groups excluding carboxylic acids is 1. The third-order valence-corrected chi connectivity index (χ3v) is 3.83. The lowest BCUT2D eigenvalue weighted by Crippen LogP contribution is -2.28. The van der Waals surface area contributed by atoms with E-state index < -0.39 is 0 Å². The summed E-state index contributed by atoms with van der Waals surface area (Å²) >= 11 is 0. The zero-order valence-electron chi connectivity index (χ0n) is 13.7. The van der Waals surface area contributed by atoms with Crippen molar-refractivity contribution in [2.45, 2.75) is 46.0 Å². The van der Waals surface area contributed by atoms with Gasteiger partial charge in [-0.3, -0.25) is 4.79 Å². The SMILES string of the molecule is CC(C)CNC(=O)c1ccc(NCCC2=CCCCC2)cn1. The molecule has 1 aromatic rings. The quantitative estimate of drug-likeness (QED) is 0.754. The van der Waals surface area contributed by atoms with Crippen molar-refractivity contribution in [3.8, 4) is 0 Å². The normalized spacial score (nSPS) is 14.6. The molecule has 0 atom stereocenters. The minimum atomic E-state index is -0.104. The fourth-order valence-corrected chi connectivity index (χ4v) is 2.52. The minimum absolute atomic E-state index is 0.104. The predicted molar refractivity (Wildman–Crippen MR) is 91.1 cm³/mol. The maximum Gasteiger partial charge on any atom is 0.269 e. The maximum atomic E-state index is 11.9. The number of amides is 1. The third kappa shape index (κ3) is 5.51. The van der Waals surface area contributed by atoms with E-state index >= 15 is 0 Å². The van der Waals surface area contributed by atoms with Crippen molar-refractivity contribution in [2.75, 3.05) is 18.4 Å². The fourth-order valence-electron chi connectivity index (χ4n) is 2.52. The first kappa shape index (κ1) is 16.5. The lowest BCUT2D eigenvalue weighted by atomic mass is 9.97. The molecule has 4 nitrogen and oxygen atoms in total. The summed E-state index contributed by atoms with van der Waals surface area (Å²) in [6.45, 7) is 5.74. The van der Waals surface area contributed by atoms with Gasteiger partial charge in [0.25, 0.3) is 5.91 Å². The van der Waals surface area contributed by atoms with E-state index in [9.17, 15) is 4.79 Å². The zero-order valence-corrected chi connectivity index (χ0v) is 13.7. The number of allylic oxidation sites excluding steroid dienone is 1. The molecule has 1 aliphatic carbocycles. The Morgan fingerprint density at radius 3 is 2.82 bits per heavy atom. The minimum Gasteiger partial charge on any atom is -0.383 e. The summed E-state index contributed by atoms with van der Waals surface area (Å²) in [5.74, 6) is 0.339. The second kappa shape index (κ2) is 8.57. The molecule has 22 heavy (non-hydrogen) atoms. The summed E-state index contributed by atoms with van der Waals surface area (Å²) < 4.78 is 0. The Kier molecular flexibility index (Phi) is 6.44. The Balaban J connectivity index is 1.76. The van der Waals surface area contributed by atoms with Gasteiger partial charge >= 0.3 is 0 Å². The molecule has 0 aromatic carbocycles. The highest BCUT2D eigenvalue weighted by Gasteiger charge is 2.07. The summed E-state index contributed by atoms with van der Waals surface area (Å²) in [6, 6.07) is 3.70. The van der Waals surface area contributed by atoms with Gasteiger partial charge in [-0.2, -0.15) is 0 Å². The number of aromatic nitrogens is 1. The van der Waals surface area contributed by atoms with Crippen LogP contribution in [0.2, 0.25) is 0 Å². The van der Waals surface area contributed by atoms with E-state index in [0.29, 0.717) is 18.2 Å². The number of hydrogen-bond acceptors (Lipinski definition) is 3. The Morgan fingerprint density at radius 2 is 2.18 bits per heavy atom. The number of nitrogens with one attached hydrogen (secondary N) is 2. The molecule has 4 heteroatoms. The van der Waals surface area contributed by atoms with Crippen molar-refractivity contribution in [3.05, 3.63) is 35.7 Å². The summed E-state index contributed by atoms with van der Waals surface area (Å²) in [4.78, 5) is 16.1. The first-order valence-electron chi connectivity index (χ1n) is 8.31. The molecule has 0 bridgehead atoms. The number of carbonyl (C=O) groups is 1. The van der Waals surface area contributed by atoms with Gasteiger partial charge in [0.1, 0.15) is 5.69 Å². The highest BCUT2D eigenvalue weighted by Crippen LogP contribution is 2.20. The lowest BCUT2D eigenvalue weighted by molar-refractivity contribution is 0.0944. The van der Waals surface area contributed by atoms with Gasteiger partial charge in [0.15, 0.2) is 0 Å².